The molecule has 1 aromatic heterocycles. The SMILES string of the molecule is N#Cc1cnn(-c2ccc(Cl)c(Cl)c2Cl)c1NCC(=O)O. The lowest BCUT2D eigenvalue weighted by Gasteiger charge is -2.11. The maximum Gasteiger partial charge on any atom is 0.322 e. The van der Waals surface area contributed by atoms with Crippen LogP contribution < -0.4 is 5.32 Å². The van der Waals surface area contributed by atoms with Gasteiger partial charge < -0.3 is 10.4 Å². The molecule has 6 nitrogen and oxygen atoms in total. The molecule has 1 heterocycles. The molecule has 0 aliphatic rings. The van der Waals surface area contributed by atoms with Crippen LogP contribution in [0.2, 0.25) is 15.1 Å². The number of anilines is 1. The lowest BCUT2D eigenvalue weighted by molar-refractivity contribution is -0.134. The van der Waals surface area contributed by atoms with Gasteiger partial charge in [-0.05, 0) is 12.1 Å². The Bertz CT molecular complexity index is 752. The molecule has 0 saturated heterocycles. The molecule has 21 heavy (non-hydrogen) atoms. The second-order valence-corrected chi connectivity index (χ2v) is 5.04. The Hall–Kier alpha value is -1.94. The molecular formula is C12H7Cl3N4O2. The zero-order chi connectivity index (χ0) is 15.6. The van der Waals surface area contributed by atoms with Gasteiger partial charge in [0.05, 0.1) is 27.0 Å². The summed E-state index contributed by atoms with van der Waals surface area (Å²) in [7, 11) is 0. The van der Waals surface area contributed by atoms with Gasteiger partial charge in [0.25, 0.3) is 0 Å². The van der Waals surface area contributed by atoms with Crippen molar-refractivity contribution in [2.75, 3.05) is 11.9 Å². The number of hydrogen-bond donors (Lipinski definition) is 2. The minimum Gasteiger partial charge on any atom is -0.480 e. The molecule has 0 saturated carbocycles. The highest BCUT2D eigenvalue weighted by Crippen LogP contribution is 2.35. The maximum absolute atomic E-state index is 10.7. The minimum atomic E-state index is -1.08. The fraction of sp³-hybridized carbons (Fsp3) is 0.0833. The molecule has 0 atom stereocenters. The highest BCUT2D eigenvalue weighted by atomic mass is 35.5. The zero-order valence-electron chi connectivity index (χ0n) is 10.3. The maximum atomic E-state index is 10.7. The van der Waals surface area contributed by atoms with Crippen LogP contribution in [-0.4, -0.2) is 27.4 Å². The van der Waals surface area contributed by atoms with Gasteiger partial charge in [0.2, 0.25) is 0 Å². The van der Waals surface area contributed by atoms with Crippen LogP contribution in [0.1, 0.15) is 5.56 Å². The molecular weight excluding hydrogens is 339 g/mol. The van der Waals surface area contributed by atoms with Gasteiger partial charge in [-0.2, -0.15) is 10.4 Å². The van der Waals surface area contributed by atoms with E-state index in [0.29, 0.717) is 5.69 Å². The second kappa shape index (κ2) is 6.22. The molecule has 2 aromatic rings. The smallest absolute Gasteiger partial charge is 0.322 e. The van der Waals surface area contributed by atoms with Gasteiger partial charge in [0.1, 0.15) is 24.0 Å². The quantitative estimate of drug-likeness (QED) is 0.830. The number of nitrogens with zero attached hydrogens (tertiary/aromatic N) is 3. The Morgan fingerprint density at radius 2 is 2.10 bits per heavy atom. The average Bonchev–Trinajstić information content (AvgIpc) is 2.85. The predicted molar refractivity (Wildman–Crippen MR) is 79.4 cm³/mol. The molecule has 9 heteroatoms. The first-order valence-electron chi connectivity index (χ1n) is 5.53. The van der Waals surface area contributed by atoms with Gasteiger partial charge in [-0.25, -0.2) is 4.68 Å². The van der Waals surface area contributed by atoms with Gasteiger partial charge in [0.15, 0.2) is 0 Å². The van der Waals surface area contributed by atoms with Crippen LogP contribution in [0.25, 0.3) is 5.69 Å². The van der Waals surface area contributed by atoms with Crippen molar-refractivity contribution in [2.24, 2.45) is 0 Å². The predicted octanol–water partition coefficient (Wildman–Crippen LogP) is 3.20. The second-order valence-electron chi connectivity index (χ2n) is 3.87. The average molecular weight is 346 g/mol. The number of carbonyl (C=O) groups is 1. The Labute approximate surface area is 134 Å². The summed E-state index contributed by atoms with van der Waals surface area (Å²) in [5.41, 5.74) is 0.554. The van der Waals surface area contributed by atoms with Gasteiger partial charge >= 0.3 is 5.97 Å². The van der Waals surface area contributed by atoms with E-state index >= 15 is 0 Å². The van der Waals surface area contributed by atoms with E-state index in [4.69, 9.17) is 45.2 Å². The number of aliphatic carboxylic acids is 1. The first-order chi connectivity index (χ1) is 9.95. The number of nitriles is 1. The summed E-state index contributed by atoms with van der Waals surface area (Å²) in [5, 5.41) is 25.0. The number of carboxylic acids is 1. The summed E-state index contributed by atoms with van der Waals surface area (Å²) in [6, 6.07) is 5.01. The summed E-state index contributed by atoms with van der Waals surface area (Å²) in [4.78, 5) is 10.7. The summed E-state index contributed by atoms with van der Waals surface area (Å²) in [6.45, 7) is -0.376. The van der Waals surface area contributed by atoms with E-state index in [2.05, 4.69) is 10.4 Å². The molecule has 108 valence electrons. The largest absolute Gasteiger partial charge is 0.480 e. The number of aromatic nitrogens is 2. The minimum absolute atomic E-state index is 0.147. The Morgan fingerprint density at radius 3 is 2.71 bits per heavy atom. The molecule has 1 aromatic carbocycles. The van der Waals surface area contributed by atoms with Crippen molar-refractivity contribution in [1.82, 2.24) is 9.78 Å². The fourth-order valence-corrected chi connectivity index (χ4v) is 2.23. The number of halogens is 3. The van der Waals surface area contributed by atoms with E-state index in [1.54, 1.807) is 6.07 Å². The topological polar surface area (TPSA) is 90.9 Å². The lowest BCUT2D eigenvalue weighted by Crippen LogP contribution is -2.16. The summed E-state index contributed by atoms with van der Waals surface area (Å²) >= 11 is 17.9. The van der Waals surface area contributed by atoms with Crippen molar-refractivity contribution in [3.05, 3.63) is 39.0 Å². The van der Waals surface area contributed by atoms with Gasteiger partial charge in [-0.1, -0.05) is 34.8 Å². The van der Waals surface area contributed by atoms with Crippen molar-refractivity contribution in [2.45, 2.75) is 0 Å². The van der Waals surface area contributed by atoms with Crippen LogP contribution >= 0.6 is 34.8 Å². The summed E-state index contributed by atoms with van der Waals surface area (Å²) in [6.07, 6.45) is 1.29. The van der Waals surface area contributed by atoms with Crippen LogP contribution in [0, 0.1) is 11.3 Å². The molecule has 2 N–H and O–H groups in total. The molecule has 0 unspecified atom stereocenters. The normalized spacial score (nSPS) is 10.2. The fourth-order valence-electron chi connectivity index (χ4n) is 1.62. The monoisotopic (exact) mass is 344 g/mol. The van der Waals surface area contributed by atoms with Crippen molar-refractivity contribution in [1.29, 1.82) is 5.26 Å². The third-order valence-electron chi connectivity index (χ3n) is 2.54. The standard InChI is InChI=1S/C12H7Cl3N4O2/c13-7-1-2-8(11(15)10(7)14)19-12(17-5-9(20)21)6(3-16)4-18-19/h1-2,4,17H,5H2,(H,20,21). The Kier molecular flexibility index (Phi) is 4.58. The Morgan fingerprint density at radius 1 is 1.38 bits per heavy atom. The van der Waals surface area contributed by atoms with Crippen LogP contribution in [0.15, 0.2) is 18.3 Å². The van der Waals surface area contributed by atoms with Crippen molar-refractivity contribution in [3.63, 3.8) is 0 Å². The third-order valence-corrected chi connectivity index (χ3v) is 3.82. The zero-order valence-corrected chi connectivity index (χ0v) is 12.5. The van der Waals surface area contributed by atoms with Crippen LogP contribution in [-0.2, 0) is 4.79 Å². The molecule has 2 rings (SSSR count). The first-order valence-corrected chi connectivity index (χ1v) is 6.66. The van der Waals surface area contributed by atoms with Crippen molar-refractivity contribution in [3.8, 4) is 11.8 Å². The summed E-state index contributed by atoms with van der Waals surface area (Å²) < 4.78 is 1.30. The third kappa shape index (κ3) is 3.05. The number of carboxylic acid groups (broad SMARTS) is 1. The summed E-state index contributed by atoms with van der Waals surface area (Å²) in [5.74, 6) is -0.868. The van der Waals surface area contributed by atoms with Crippen LogP contribution in [0.3, 0.4) is 0 Å². The molecule has 0 aliphatic carbocycles. The molecule has 0 radical (unpaired) electrons. The number of benzene rings is 1. The molecule has 0 spiro atoms. The Balaban J connectivity index is 2.55. The first kappa shape index (κ1) is 15.4. The van der Waals surface area contributed by atoms with E-state index in [1.165, 1.54) is 16.9 Å². The highest BCUT2D eigenvalue weighted by molar-refractivity contribution is 6.48. The van der Waals surface area contributed by atoms with E-state index in [0.717, 1.165) is 0 Å². The van der Waals surface area contributed by atoms with Crippen LogP contribution in [0.5, 0.6) is 0 Å². The number of nitrogens with one attached hydrogen (secondary N) is 1. The van der Waals surface area contributed by atoms with Gasteiger partial charge in [-0.15, -0.1) is 0 Å². The van der Waals surface area contributed by atoms with Crippen LogP contribution in [0.4, 0.5) is 5.82 Å². The van der Waals surface area contributed by atoms with Gasteiger partial charge in [-0.3, -0.25) is 4.79 Å². The lowest BCUT2D eigenvalue weighted by atomic mass is 10.3. The van der Waals surface area contributed by atoms with Gasteiger partial charge in [0, 0.05) is 0 Å². The molecule has 0 fully saturated rings. The van der Waals surface area contributed by atoms with E-state index in [-0.39, 0.29) is 33.0 Å². The highest BCUT2D eigenvalue weighted by Gasteiger charge is 2.17. The van der Waals surface area contributed by atoms with E-state index < -0.39 is 5.97 Å². The van der Waals surface area contributed by atoms with E-state index in [1.807, 2.05) is 6.07 Å². The number of rotatable bonds is 4. The van der Waals surface area contributed by atoms with Crippen molar-refractivity contribution >= 4 is 46.6 Å². The molecule has 0 bridgehead atoms. The molecule has 0 amide bonds. The van der Waals surface area contributed by atoms with E-state index in [9.17, 15) is 4.79 Å². The molecule has 0 aliphatic heterocycles. The van der Waals surface area contributed by atoms with Crippen molar-refractivity contribution < 1.29 is 9.90 Å². The number of hydrogen-bond acceptors (Lipinski definition) is 4.